The lowest BCUT2D eigenvalue weighted by Crippen LogP contribution is -2.37. The summed E-state index contributed by atoms with van der Waals surface area (Å²) in [7, 11) is 0. The van der Waals surface area contributed by atoms with Crippen molar-refractivity contribution in [3.63, 3.8) is 0 Å². The van der Waals surface area contributed by atoms with Gasteiger partial charge in [-0.1, -0.05) is 20.8 Å². The molecule has 0 aromatic carbocycles. The Balaban J connectivity index is 2.36. The van der Waals surface area contributed by atoms with E-state index in [1.807, 2.05) is 0 Å². The maximum Gasteiger partial charge on any atom is 0.322 e. The minimum absolute atomic E-state index is 0.00736. The van der Waals surface area contributed by atoms with E-state index in [1.54, 1.807) is 0 Å². The second-order valence-electron chi connectivity index (χ2n) is 6.03. The number of carbonyl (C=O) groups excluding carboxylic acids is 1. The fourth-order valence-electron chi connectivity index (χ4n) is 2.53. The Morgan fingerprint density at radius 2 is 1.71 bits per heavy atom. The minimum atomic E-state index is -0.985. The minimum Gasteiger partial charge on any atom is -0.480 e. The Labute approximate surface area is 103 Å². The van der Waals surface area contributed by atoms with Crippen molar-refractivity contribution in [1.29, 1.82) is 0 Å². The Bertz CT molecular complexity index is 286. The van der Waals surface area contributed by atoms with E-state index in [0.29, 0.717) is 11.3 Å². The van der Waals surface area contributed by atoms with Gasteiger partial charge in [-0.3, -0.25) is 9.59 Å². The summed E-state index contributed by atoms with van der Waals surface area (Å²) >= 11 is 0. The molecule has 1 amide bonds. The molecule has 4 nitrogen and oxygen atoms in total. The zero-order valence-corrected chi connectivity index (χ0v) is 11.0. The molecule has 0 aromatic rings. The molecule has 98 valence electrons. The van der Waals surface area contributed by atoms with Gasteiger partial charge in [0.2, 0.25) is 5.91 Å². The van der Waals surface area contributed by atoms with Crippen molar-refractivity contribution in [2.45, 2.75) is 46.5 Å². The molecule has 0 heterocycles. The third-order valence-electron chi connectivity index (χ3n) is 3.74. The first-order chi connectivity index (χ1) is 7.80. The van der Waals surface area contributed by atoms with E-state index in [9.17, 15) is 9.59 Å². The van der Waals surface area contributed by atoms with Crippen LogP contribution >= 0.6 is 0 Å². The molecule has 0 atom stereocenters. The van der Waals surface area contributed by atoms with Crippen LogP contribution < -0.4 is 5.32 Å². The maximum atomic E-state index is 11.7. The molecule has 4 heteroatoms. The molecule has 0 bridgehead atoms. The molecule has 1 fully saturated rings. The van der Waals surface area contributed by atoms with Crippen molar-refractivity contribution in [3.8, 4) is 0 Å². The molecule has 0 aromatic heterocycles. The average Bonchev–Trinajstić information content (AvgIpc) is 2.25. The zero-order valence-electron chi connectivity index (χ0n) is 11.0. The van der Waals surface area contributed by atoms with E-state index in [0.717, 1.165) is 25.7 Å². The Morgan fingerprint density at radius 1 is 1.18 bits per heavy atom. The lowest BCUT2D eigenvalue weighted by Gasteiger charge is -2.36. The van der Waals surface area contributed by atoms with Gasteiger partial charge in [-0.25, -0.2) is 0 Å². The van der Waals surface area contributed by atoms with Crippen molar-refractivity contribution in [2.24, 2.45) is 17.3 Å². The highest BCUT2D eigenvalue weighted by atomic mass is 16.4. The molecule has 0 radical (unpaired) electrons. The van der Waals surface area contributed by atoms with Crippen LogP contribution in [0.3, 0.4) is 0 Å². The summed E-state index contributed by atoms with van der Waals surface area (Å²) in [5.74, 6) is -0.402. The normalized spacial score (nSPS) is 25.4. The van der Waals surface area contributed by atoms with Gasteiger partial charge in [-0.05, 0) is 37.0 Å². The Morgan fingerprint density at radius 3 is 2.12 bits per heavy atom. The van der Waals surface area contributed by atoms with E-state index in [2.05, 4.69) is 26.1 Å². The highest BCUT2D eigenvalue weighted by molar-refractivity contribution is 5.82. The van der Waals surface area contributed by atoms with E-state index in [4.69, 9.17) is 5.11 Å². The molecule has 1 saturated carbocycles. The monoisotopic (exact) mass is 241 g/mol. The molecule has 0 aliphatic heterocycles. The molecule has 1 rings (SSSR count). The number of aliphatic carboxylic acids is 1. The third kappa shape index (κ3) is 4.36. The third-order valence-corrected chi connectivity index (χ3v) is 3.74. The van der Waals surface area contributed by atoms with E-state index in [1.165, 1.54) is 0 Å². The Kier molecular flexibility index (Phi) is 4.54. The summed E-state index contributed by atoms with van der Waals surface area (Å²) < 4.78 is 0. The van der Waals surface area contributed by atoms with E-state index < -0.39 is 5.97 Å². The highest BCUT2D eigenvalue weighted by Gasteiger charge is 2.32. The molecule has 1 aliphatic rings. The summed E-state index contributed by atoms with van der Waals surface area (Å²) in [6.07, 6.45) is 3.89. The first-order valence-corrected chi connectivity index (χ1v) is 6.30. The number of nitrogens with one attached hydrogen (secondary N) is 1. The topological polar surface area (TPSA) is 66.4 Å². The van der Waals surface area contributed by atoms with Gasteiger partial charge in [0.15, 0.2) is 0 Å². The van der Waals surface area contributed by atoms with Crippen molar-refractivity contribution in [2.75, 3.05) is 6.54 Å². The number of carboxylic acids is 1. The maximum absolute atomic E-state index is 11.7. The number of carboxylic acid groups (broad SMARTS) is 1. The van der Waals surface area contributed by atoms with E-state index >= 15 is 0 Å². The van der Waals surface area contributed by atoms with Gasteiger partial charge >= 0.3 is 5.97 Å². The molecule has 17 heavy (non-hydrogen) atoms. The van der Waals surface area contributed by atoms with Crippen molar-refractivity contribution >= 4 is 11.9 Å². The lowest BCUT2D eigenvalue weighted by atomic mass is 9.70. The fraction of sp³-hybridized carbons (Fsp3) is 0.846. The molecule has 0 spiro atoms. The van der Waals surface area contributed by atoms with Gasteiger partial charge in [0, 0.05) is 5.92 Å². The van der Waals surface area contributed by atoms with Crippen LogP contribution in [0, 0.1) is 17.3 Å². The lowest BCUT2D eigenvalue weighted by molar-refractivity contribution is -0.138. The summed E-state index contributed by atoms with van der Waals surface area (Å²) in [4.78, 5) is 22.0. The van der Waals surface area contributed by atoms with Gasteiger partial charge in [0.05, 0.1) is 0 Å². The van der Waals surface area contributed by atoms with E-state index in [-0.39, 0.29) is 18.4 Å². The largest absolute Gasteiger partial charge is 0.480 e. The second kappa shape index (κ2) is 5.52. The van der Waals surface area contributed by atoms with Gasteiger partial charge in [-0.15, -0.1) is 0 Å². The van der Waals surface area contributed by atoms with Crippen LogP contribution in [0.2, 0.25) is 0 Å². The molecule has 2 N–H and O–H groups in total. The van der Waals surface area contributed by atoms with Crippen LogP contribution in [0.4, 0.5) is 0 Å². The number of hydrogen-bond donors (Lipinski definition) is 2. The summed E-state index contributed by atoms with van der Waals surface area (Å²) in [5, 5.41) is 11.0. The van der Waals surface area contributed by atoms with Crippen LogP contribution in [0.5, 0.6) is 0 Å². The van der Waals surface area contributed by atoms with Crippen LogP contribution in [0.1, 0.15) is 46.5 Å². The van der Waals surface area contributed by atoms with Crippen molar-refractivity contribution < 1.29 is 14.7 Å². The molecular weight excluding hydrogens is 218 g/mol. The summed E-state index contributed by atoms with van der Waals surface area (Å²) in [5.41, 5.74) is 0.308. The van der Waals surface area contributed by atoms with Gasteiger partial charge in [-0.2, -0.15) is 0 Å². The van der Waals surface area contributed by atoms with Gasteiger partial charge < -0.3 is 10.4 Å². The van der Waals surface area contributed by atoms with Crippen LogP contribution in [-0.2, 0) is 9.59 Å². The number of amides is 1. The Hall–Kier alpha value is -1.06. The van der Waals surface area contributed by atoms with Gasteiger partial charge in [0.1, 0.15) is 6.54 Å². The smallest absolute Gasteiger partial charge is 0.322 e. The first kappa shape index (κ1) is 14.0. The summed E-state index contributed by atoms with van der Waals surface area (Å²) in [6.45, 7) is 6.45. The van der Waals surface area contributed by atoms with Crippen LogP contribution in [-0.4, -0.2) is 23.5 Å². The fourth-order valence-corrected chi connectivity index (χ4v) is 2.53. The van der Waals surface area contributed by atoms with Crippen LogP contribution in [0.25, 0.3) is 0 Å². The molecule has 1 aliphatic carbocycles. The standard InChI is InChI=1S/C13H23NO3/c1-13(2,3)10-6-4-9(5-7-10)12(17)14-8-11(15)16/h9-10H,4-8H2,1-3H3,(H,14,17)(H,15,16). The molecular formula is C13H23NO3. The average molecular weight is 241 g/mol. The zero-order chi connectivity index (χ0) is 13.1. The SMILES string of the molecule is CC(C)(C)C1CCC(C(=O)NCC(=O)O)CC1. The van der Waals surface area contributed by atoms with Crippen molar-refractivity contribution in [1.82, 2.24) is 5.32 Å². The van der Waals surface area contributed by atoms with Crippen molar-refractivity contribution in [3.05, 3.63) is 0 Å². The van der Waals surface area contributed by atoms with Crippen LogP contribution in [0.15, 0.2) is 0 Å². The molecule has 0 saturated heterocycles. The number of hydrogen-bond acceptors (Lipinski definition) is 2. The first-order valence-electron chi connectivity index (χ1n) is 6.30. The quantitative estimate of drug-likeness (QED) is 0.794. The highest BCUT2D eigenvalue weighted by Crippen LogP contribution is 2.39. The number of carbonyl (C=O) groups is 2. The predicted octanol–water partition coefficient (Wildman–Crippen LogP) is 2.04. The van der Waals surface area contributed by atoms with Gasteiger partial charge in [0.25, 0.3) is 0 Å². The number of rotatable bonds is 3. The second-order valence-corrected chi connectivity index (χ2v) is 6.03. The molecule has 0 unspecified atom stereocenters. The predicted molar refractivity (Wildman–Crippen MR) is 65.5 cm³/mol. The summed E-state index contributed by atoms with van der Waals surface area (Å²) in [6, 6.07) is 0.